The number of aromatic nitrogens is 1. The zero-order chi connectivity index (χ0) is 14.9. The Bertz CT molecular complexity index is 714. The van der Waals surface area contributed by atoms with Crippen LogP contribution in [0.2, 0.25) is 0 Å². The molecule has 0 unspecified atom stereocenters. The molecule has 0 aliphatic carbocycles. The van der Waals surface area contributed by atoms with Crippen LogP contribution in [-0.4, -0.2) is 23.9 Å². The molecule has 112 valence electrons. The fraction of sp³-hybridized carbons (Fsp3) is 0.333. The fourth-order valence-corrected chi connectivity index (χ4v) is 6.70. The van der Waals surface area contributed by atoms with Crippen LogP contribution in [0.3, 0.4) is 0 Å². The molecule has 0 bridgehead atoms. The van der Waals surface area contributed by atoms with E-state index in [9.17, 15) is 8.42 Å². The van der Waals surface area contributed by atoms with E-state index in [-0.39, 0.29) is 4.58 Å². The van der Waals surface area contributed by atoms with Gasteiger partial charge in [-0.25, -0.2) is 12.4 Å². The van der Waals surface area contributed by atoms with Crippen molar-refractivity contribution in [3.63, 3.8) is 0 Å². The van der Waals surface area contributed by atoms with Gasteiger partial charge in [0.1, 0.15) is 0 Å². The lowest BCUT2D eigenvalue weighted by Gasteiger charge is -2.22. The summed E-state index contributed by atoms with van der Waals surface area (Å²) in [5.74, 6) is 2.18. The van der Waals surface area contributed by atoms with Crippen LogP contribution in [0.15, 0.2) is 47.5 Å². The zero-order valence-electron chi connectivity index (χ0n) is 11.7. The number of aryl methyl sites for hydroxylation is 1. The van der Waals surface area contributed by atoms with Crippen LogP contribution in [0.1, 0.15) is 22.3 Å². The Labute approximate surface area is 134 Å². The summed E-state index contributed by atoms with van der Waals surface area (Å²) in [6.45, 7) is 1.95. The van der Waals surface area contributed by atoms with Crippen molar-refractivity contribution in [2.45, 2.75) is 22.8 Å². The minimum absolute atomic E-state index is 0.203. The highest BCUT2D eigenvalue weighted by atomic mass is 32.2. The van der Waals surface area contributed by atoms with Gasteiger partial charge in [-0.05, 0) is 49.1 Å². The smallest absolute Gasteiger partial charge is 0.244 e. The number of thioether (sulfide) groups is 2. The molecule has 1 aromatic carbocycles. The molecule has 1 aliphatic heterocycles. The van der Waals surface area contributed by atoms with Crippen molar-refractivity contribution in [3.8, 4) is 0 Å². The van der Waals surface area contributed by atoms with Gasteiger partial charge < -0.3 is 0 Å². The molecule has 1 aromatic heterocycles. The Hall–Kier alpha value is -0.850. The minimum Gasteiger partial charge on any atom is -0.244 e. The molecular formula is C15H17NO2S3. The van der Waals surface area contributed by atoms with Gasteiger partial charge in [-0.2, -0.15) is 0 Å². The van der Waals surface area contributed by atoms with Crippen LogP contribution in [-0.2, 0) is 10.0 Å². The second kappa shape index (κ2) is 6.10. The molecule has 0 radical (unpaired) electrons. The first-order valence-corrected chi connectivity index (χ1v) is 10.4. The second-order valence-corrected chi connectivity index (χ2v) is 9.51. The van der Waals surface area contributed by atoms with Gasteiger partial charge in [-0.3, -0.25) is 0 Å². The van der Waals surface area contributed by atoms with Crippen molar-refractivity contribution in [3.05, 3.63) is 53.9 Å². The van der Waals surface area contributed by atoms with Crippen LogP contribution < -0.4 is 0 Å². The van der Waals surface area contributed by atoms with E-state index in [2.05, 4.69) is 0 Å². The van der Waals surface area contributed by atoms with Crippen LogP contribution in [0.5, 0.6) is 0 Å². The highest BCUT2D eigenvalue weighted by molar-refractivity contribution is 8.16. The van der Waals surface area contributed by atoms with E-state index in [1.165, 1.54) is 10.4 Å². The first-order chi connectivity index (χ1) is 10.1. The SMILES string of the molecule is Cc1ccc(S(=O)(=O)n2cccc2C2SCCCS2)cc1. The van der Waals surface area contributed by atoms with Gasteiger partial charge in [0.25, 0.3) is 10.0 Å². The molecular weight excluding hydrogens is 322 g/mol. The molecule has 6 heteroatoms. The van der Waals surface area contributed by atoms with Crippen molar-refractivity contribution in [2.24, 2.45) is 0 Å². The summed E-state index contributed by atoms with van der Waals surface area (Å²) < 4.78 is 27.3. The van der Waals surface area contributed by atoms with Crippen LogP contribution in [0.4, 0.5) is 0 Å². The lowest BCUT2D eigenvalue weighted by molar-refractivity contribution is 0.586. The Balaban J connectivity index is 2.00. The number of nitrogens with zero attached hydrogens (tertiary/aromatic N) is 1. The lowest BCUT2D eigenvalue weighted by Crippen LogP contribution is -2.16. The predicted octanol–water partition coefficient (Wildman–Crippen LogP) is 3.90. The number of hydrogen-bond donors (Lipinski definition) is 0. The monoisotopic (exact) mass is 339 g/mol. The Morgan fingerprint density at radius 3 is 2.43 bits per heavy atom. The van der Waals surface area contributed by atoms with Gasteiger partial charge in [0.15, 0.2) is 0 Å². The van der Waals surface area contributed by atoms with E-state index in [4.69, 9.17) is 0 Å². The van der Waals surface area contributed by atoms with Gasteiger partial charge in [0, 0.05) is 6.20 Å². The Kier molecular flexibility index (Phi) is 4.38. The maximum Gasteiger partial charge on any atom is 0.267 e. The number of hydrogen-bond acceptors (Lipinski definition) is 4. The highest BCUT2D eigenvalue weighted by Crippen LogP contribution is 2.44. The molecule has 0 saturated carbocycles. The molecule has 2 heterocycles. The molecule has 3 rings (SSSR count). The van der Waals surface area contributed by atoms with Crippen molar-refractivity contribution < 1.29 is 8.42 Å². The van der Waals surface area contributed by atoms with Crippen LogP contribution in [0.25, 0.3) is 0 Å². The molecule has 21 heavy (non-hydrogen) atoms. The van der Waals surface area contributed by atoms with E-state index >= 15 is 0 Å². The van der Waals surface area contributed by atoms with E-state index in [1.54, 1.807) is 18.3 Å². The van der Waals surface area contributed by atoms with Gasteiger partial charge in [-0.1, -0.05) is 17.7 Å². The van der Waals surface area contributed by atoms with E-state index in [0.717, 1.165) is 22.8 Å². The van der Waals surface area contributed by atoms with Crippen molar-refractivity contribution in [2.75, 3.05) is 11.5 Å². The van der Waals surface area contributed by atoms with Crippen molar-refractivity contribution in [1.82, 2.24) is 3.97 Å². The van der Waals surface area contributed by atoms with Crippen LogP contribution in [0, 0.1) is 6.92 Å². The molecule has 0 amide bonds. The second-order valence-electron chi connectivity index (χ2n) is 4.97. The molecule has 2 aromatic rings. The van der Waals surface area contributed by atoms with E-state index in [1.807, 2.05) is 54.7 Å². The van der Waals surface area contributed by atoms with Crippen molar-refractivity contribution >= 4 is 33.5 Å². The quantitative estimate of drug-likeness (QED) is 0.850. The lowest BCUT2D eigenvalue weighted by atomic mass is 10.2. The summed E-state index contributed by atoms with van der Waals surface area (Å²) in [7, 11) is -3.50. The topological polar surface area (TPSA) is 39.1 Å². The molecule has 3 nitrogen and oxygen atoms in total. The number of benzene rings is 1. The third-order valence-corrected chi connectivity index (χ3v) is 8.06. The van der Waals surface area contributed by atoms with Gasteiger partial charge in [0.2, 0.25) is 0 Å². The average molecular weight is 340 g/mol. The minimum atomic E-state index is -3.50. The molecule has 1 fully saturated rings. The predicted molar refractivity (Wildman–Crippen MR) is 90.5 cm³/mol. The van der Waals surface area contributed by atoms with E-state index in [0.29, 0.717) is 4.90 Å². The molecule has 0 spiro atoms. The standard InChI is InChI=1S/C15H17NO2S3/c1-12-5-7-13(8-6-12)21(17,18)16-9-2-4-14(16)15-19-10-3-11-20-15/h2,4-9,15H,3,10-11H2,1H3. The third kappa shape index (κ3) is 3.03. The zero-order valence-corrected chi connectivity index (χ0v) is 14.2. The highest BCUT2D eigenvalue weighted by Gasteiger charge is 2.25. The fourth-order valence-electron chi connectivity index (χ4n) is 2.26. The average Bonchev–Trinajstić information content (AvgIpc) is 2.99. The summed E-state index contributed by atoms with van der Waals surface area (Å²) in [5, 5.41) is 0. The largest absolute Gasteiger partial charge is 0.267 e. The Morgan fingerprint density at radius 2 is 1.76 bits per heavy atom. The van der Waals surface area contributed by atoms with Crippen molar-refractivity contribution in [1.29, 1.82) is 0 Å². The van der Waals surface area contributed by atoms with Gasteiger partial charge in [0.05, 0.1) is 15.2 Å². The number of rotatable bonds is 3. The first kappa shape index (κ1) is 15.1. The molecule has 0 atom stereocenters. The first-order valence-electron chi connectivity index (χ1n) is 6.82. The maximum absolute atomic E-state index is 12.8. The van der Waals surface area contributed by atoms with Gasteiger partial charge in [-0.15, -0.1) is 23.5 Å². The normalized spacial score (nSPS) is 17.0. The maximum atomic E-state index is 12.8. The van der Waals surface area contributed by atoms with Gasteiger partial charge >= 0.3 is 0 Å². The summed E-state index contributed by atoms with van der Waals surface area (Å²) in [4.78, 5) is 0.344. The third-order valence-electron chi connectivity index (χ3n) is 3.39. The molecule has 0 N–H and O–H groups in total. The van der Waals surface area contributed by atoms with Crippen LogP contribution >= 0.6 is 23.5 Å². The summed E-state index contributed by atoms with van der Waals surface area (Å²) in [5.41, 5.74) is 1.92. The Morgan fingerprint density at radius 1 is 1.10 bits per heavy atom. The summed E-state index contributed by atoms with van der Waals surface area (Å²) >= 11 is 3.65. The van der Waals surface area contributed by atoms with E-state index < -0.39 is 10.0 Å². The summed E-state index contributed by atoms with van der Waals surface area (Å²) in [6, 6.07) is 10.8. The summed E-state index contributed by atoms with van der Waals surface area (Å²) in [6.07, 6.45) is 2.84. The molecule has 1 saturated heterocycles. The molecule has 1 aliphatic rings.